The van der Waals surface area contributed by atoms with Gasteiger partial charge in [0.1, 0.15) is 13.2 Å². The molecule has 0 aromatic heterocycles. The molecule has 0 saturated carbocycles. The third-order valence-electron chi connectivity index (χ3n) is 2.53. The maximum atomic E-state index is 11.4. The van der Waals surface area contributed by atoms with Gasteiger partial charge in [0, 0.05) is 18.2 Å². The number of hydrogen-bond donors (Lipinski definition) is 2. The fourth-order valence-electron chi connectivity index (χ4n) is 1.70. The lowest BCUT2D eigenvalue weighted by atomic mass is 10.2. The van der Waals surface area contributed by atoms with Crippen LogP contribution in [0.1, 0.15) is 19.8 Å². The average Bonchev–Trinajstić information content (AvgIpc) is 2.38. The van der Waals surface area contributed by atoms with Crippen molar-refractivity contribution < 1.29 is 14.3 Å². The molecule has 0 unspecified atom stereocenters. The average molecular weight is 280 g/mol. The van der Waals surface area contributed by atoms with Gasteiger partial charge in [-0.2, -0.15) is 0 Å². The first kappa shape index (κ1) is 13.6. The second-order valence-corrected chi connectivity index (χ2v) is 4.52. The second kappa shape index (κ2) is 6.38. The molecule has 0 fully saturated rings. The zero-order valence-corrected chi connectivity index (χ0v) is 11.5. The Kier molecular flexibility index (Phi) is 4.57. The molecule has 1 aromatic rings. The number of nitrogens with one attached hydrogen (secondary N) is 2. The van der Waals surface area contributed by atoms with Crippen molar-refractivity contribution in [3.8, 4) is 11.5 Å². The molecule has 6 heteroatoms. The number of hydrogen-bond acceptors (Lipinski definition) is 4. The predicted octanol–water partition coefficient (Wildman–Crippen LogP) is 2.07. The molecular formula is C13H16N2O3S. The Labute approximate surface area is 117 Å². The SMILES string of the molecule is CCCC(=O)NC(=S)Nc1ccc2c(c1)OCCO2. The number of fused-ring (bicyclic) bond motifs is 1. The smallest absolute Gasteiger partial charge is 0.226 e. The van der Waals surface area contributed by atoms with Crippen molar-refractivity contribution >= 4 is 28.9 Å². The molecule has 19 heavy (non-hydrogen) atoms. The minimum atomic E-state index is -0.0856. The fraction of sp³-hybridized carbons (Fsp3) is 0.385. The summed E-state index contributed by atoms with van der Waals surface area (Å²) in [5, 5.41) is 5.85. The highest BCUT2D eigenvalue weighted by Gasteiger charge is 2.12. The van der Waals surface area contributed by atoms with Crippen LogP contribution in [0, 0.1) is 0 Å². The zero-order valence-electron chi connectivity index (χ0n) is 10.7. The van der Waals surface area contributed by atoms with E-state index in [9.17, 15) is 4.79 Å². The molecule has 0 bridgehead atoms. The Morgan fingerprint density at radius 1 is 1.32 bits per heavy atom. The number of anilines is 1. The molecule has 0 aliphatic carbocycles. The monoisotopic (exact) mass is 280 g/mol. The van der Waals surface area contributed by atoms with Gasteiger partial charge in [-0.1, -0.05) is 6.92 Å². The topological polar surface area (TPSA) is 59.6 Å². The van der Waals surface area contributed by atoms with Crippen molar-refractivity contribution in [1.82, 2.24) is 5.32 Å². The molecule has 102 valence electrons. The Bertz CT molecular complexity index is 491. The number of amides is 1. The van der Waals surface area contributed by atoms with E-state index in [4.69, 9.17) is 21.7 Å². The molecule has 1 heterocycles. The summed E-state index contributed by atoms with van der Waals surface area (Å²) in [6, 6.07) is 5.44. The first-order valence-corrected chi connectivity index (χ1v) is 6.60. The molecule has 1 aromatic carbocycles. The van der Waals surface area contributed by atoms with E-state index < -0.39 is 0 Å². The van der Waals surface area contributed by atoms with Gasteiger partial charge < -0.3 is 20.1 Å². The molecule has 1 aliphatic heterocycles. The highest BCUT2D eigenvalue weighted by atomic mass is 32.1. The third-order valence-corrected chi connectivity index (χ3v) is 2.73. The quantitative estimate of drug-likeness (QED) is 0.830. The summed E-state index contributed by atoms with van der Waals surface area (Å²) < 4.78 is 10.9. The third kappa shape index (κ3) is 3.82. The van der Waals surface area contributed by atoms with Gasteiger partial charge in [0.15, 0.2) is 16.6 Å². The van der Waals surface area contributed by atoms with Crippen molar-refractivity contribution in [2.24, 2.45) is 0 Å². The minimum Gasteiger partial charge on any atom is -0.486 e. The van der Waals surface area contributed by atoms with Gasteiger partial charge in [0.25, 0.3) is 0 Å². The Balaban J connectivity index is 1.95. The van der Waals surface area contributed by atoms with Crippen molar-refractivity contribution in [3.05, 3.63) is 18.2 Å². The van der Waals surface area contributed by atoms with E-state index in [0.29, 0.717) is 25.4 Å². The van der Waals surface area contributed by atoms with Gasteiger partial charge in [-0.3, -0.25) is 4.79 Å². The Hall–Kier alpha value is -1.82. The molecule has 1 amide bonds. The van der Waals surface area contributed by atoms with Crippen LogP contribution in [0.5, 0.6) is 11.5 Å². The molecule has 2 N–H and O–H groups in total. The number of thiocarbonyl (C=S) groups is 1. The van der Waals surface area contributed by atoms with Gasteiger partial charge in [-0.05, 0) is 30.8 Å². The summed E-state index contributed by atoms with van der Waals surface area (Å²) in [7, 11) is 0. The fourth-order valence-corrected chi connectivity index (χ4v) is 1.93. The number of benzene rings is 1. The lowest BCUT2D eigenvalue weighted by molar-refractivity contribution is -0.119. The van der Waals surface area contributed by atoms with Crippen molar-refractivity contribution in [2.45, 2.75) is 19.8 Å². The molecule has 0 saturated heterocycles. The lowest BCUT2D eigenvalue weighted by Crippen LogP contribution is -2.33. The van der Waals surface area contributed by atoms with Crippen LogP contribution < -0.4 is 20.1 Å². The van der Waals surface area contributed by atoms with Crippen LogP contribution in [-0.4, -0.2) is 24.2 Å². The summed E-state index contributed by atoms with van der Waals surface area (Å²) in [6.45, 7) is 3.04. The molecule has 0 spiro atoms. The highest BCUT2D eigenvalue weighted by Crippen LogP contribution is 2.32. The highest BCUT2D eigenvalue weighted by molar-refractivity contribution is 7.80. The van der Waals surface area contributed by atoms with E-state index in [2.05, 4.69) is 10.6 Å². The first-order chi connectivity index (χ1) is 9.19. The number of rotatable bonds is 3. The van der Waals surface area contributed by atoms with E-state index >= 15 is 0 Å². The Morgan fingerprint density at radius 2 is 2.05 bits per heavy atom. The van der Waals surface area contributed by atoms with E-state index in [1.165, 1.54) is 0 Å². The molecule has 0 atom stereocenters. The van der Waals surface area contributed by atoms with Crippen LogP contribution in [0.25, 0.3) is 0 Å². The van der Waals surface area contributed by atoms with Gasteiger partial charge in [-0.25, -0.2) is 0 Å². The number of ether oxygens (including phenoxy) is 2. The summed E-state index contributed by atoms with van der Waals surface area (Å²) in [6.07, 6.45) is 1.25. The minimum absolute atomic E-state index is 0.0856. The van der Waals surface area contributed by atoms with Crippen molar-refractivity contribution in [2.75, 3.05) is 18.5 Å². The molecule has 1 aliphatic rings. The van der Waals surface area contributed by atoms with E-state index in [1.807, 2.05) is 19.1 Å². The maximum absolute atomic E-state index is 11.4. The largest absolute Gasteiger partial charge is 0.486 e. The number of carbonyl (C=O) groups is 1. The standard InChI is InChI=1S/C13H16N2O3S/c1-2-3-12(16)15-13(19)14-9-4-5-10-11(8-9)18-7-6-17-10/h4-5,8H,2-3,6-7H2,1H3,(H2,14,15,16,19). The molecule has 5 nitrogen and oxygen atoms in total. The second-order valence-electron chi connectivity index (χ2n) is 4.11. The van der Waals surface area contributed by atoms with E-state index in [-0.39, 0.29) is 11.0 Å². The molecular weight excluding hydrogens is 264 g/mol. The van der Waals surface area contributed by atoms with Crippen LogP contribution >= 0.6 is 12.2 Å². The van der Waals surface area contributed by atoms with Gasteiger partial charge in [0.05, 0.1) is 0 Å². The van der Waals surface area contributed by atoms with Gasteiger partial charge in [0.2, 0.25) is 5.91 Å². The van der Waals surface area contributed by atoms with Crippen molar-refractivity contribution in [3.63, 3.8) is 0 Å². The predicted molar refractivity (Wildman–Crippen MR) is 76.7 cm³/mol. The summed E-state index contributed by atoms with van der Waals surface area (Å²) in [5.74, 6) is 1.31. The van der Waals surface area contributed by atoms with Crippen LogP contribution in [0.4, 0.5) is 5.69 Å². The van der Waals surface area contributed by atoms with Crippen LogP contribution in [0.2, 0.25) is 0 Å². The van der Waals surface area contributed by atoms with E-state index in [0.717, 1.165) is 17.9 Å². The van der Waals surface area contributed by atoms with Gasteiger partial charge in [-0.15, -0.1) is 0 Å². The normalized spacial score (nSPS) is 12.7. The van der Waals surface area contributed by atoms with Crippen LogP contribution in [-0.2, 0) is 4.79 Å². The van der Waals surface area contributed by atoms with Crippen molar-refractivity contribution in [1.29, 1.82) is 0 Å². The summed E-state index contributed by atoms with van der Waals surface area (Å²) in [4.78, 5) is 11.4. The first-order valence-electron chi connectivity index (χ1n) is 6.19. The maximum Gasteiger partial charge on any atom is 0.226 e. The molecule has 0 radical (unpaired) electrons. The van der Waals surface area contributed by atoms with Crippen LogP contribution in [0.3, 0.4) is 0 Å². The number of carbonyl (C=O) groups excluding carboxylic acids is 1. The van der Waals surface area contributed by atoms with Gasteiger partial charge >= 0.3 is 0 Å². The summed E-state index contributed by atoms with van der Waals surface area (Å²) in [5.41, 5.74) is 0.756. The lowest BCUT2D eigenvalue weighted by Gasteiger charge is -2.19. The zero-order chi connectivity index (χ0) is 13.7. The Morgan fingerprint density at radius 3 is 2.79 bits per heavy atom. The van der Waals surface area contributed by atoms with Crippen LogP contribution in [0.15, 0.2) is 18.2 Å². The summed E-state index contributed by atoms with van der Waals surface area (Å²) >= 11 is 5.07. The van der Waals surface area contributed by atoms with E-state index in [1.54, 1.807) is 6.07 Å². The molecule has 2 rings (SSSR count).